The molecule has 0 amide bonds. The largest absolute Gasteiger partial charge is 0.420 e. The Morgan fingerprint density at radius 3 is 3.00 bits per heavy atom. The first kappa shape index (κ1) is 11.3. The molecule has 1 N–H and O–H groups in total. The van der Waals surface area contributed by atoms with Crippen molar-refractivity contribution in [1.29, 1.82) is 0 Å². The average molecular weight is 237 g/mol. The van der Waals surface area contributed by atoms with E-state index in [1.165, 1.54) is 5.56 Å². The number of aromatic nitrogens is 2. The number of thiophene rings is 1. The van der Waals surface area contributed by atoms with E-state index in [0.29, 0.717) is 5.89 Å². The lowest BCUT2D eigenvalue weighted by molar-refractivity contribution is 0.495. The van der Waals surface area contributed by atoms with Crippen molar-refractivity contribution in [1.82, 2.24) is 15.5 Å². The second kappa shape index (κ2) is 5.23. The van der Waals surface area contributed by atoms with Crippen LogP contribution in [0.25, 0.3) is 10.8 Å². The molecule has 0 aliphatic rings. The number of hydrogen-bond donors (Lipinski definition) is 1. The van der Waals surface area contributed by atoms with Crippen molar-refractivity contribution >= 4 is 11.3 Å². The molecule has 0 unspecified atom stereocenters. The molecule has 2 aromatic heterocycles. The molecule has 2 rings (SSSR count). The van der Waals surface area contributed by atoms with Gasteiger partial charge in [0.2, 0.25) is 5.89 Å². The highest BCUT2D eigenvalue weighted by Crippen LogP contribution is 2.27. The minimum atomic E-state index is 0.645. The van der Waals surface area contributed by atoms with Gasteiger partial charge in [0.25, 0.3) is 5.89 Å². The quantitative estimate of drug-likeness (QED) is 0.810. The molecule has 0 radical (unpaired) electrons. The van der Waals surface area contributed by atoms with E-state index >= 15 is 0 Å². The summed E-state index contributed by atoms with van der Waals surface area (Å²) in [5.41, 5.74) is 1.19. The van der Waals surface area contributed by atoms with E-state index < -0.39 is 0 Å². The molecule has 0 aliphatic carbocycles. The van der Waals surface area contributed by atoms with Gasteiger partial charge >= 0.3 is 0 Å². The summed E-state index contributed by atoms with van der Waals surface area (Å²) >= 11 is 1.64. The third-order valence-corrected chi connectivity index (χ3v) is 3.35. The zero-order valence-electron chi connectivity index (χ0n) is 9.49. The molecule has 0 aliphatic heterocycles. The van der Waals surface area contributed by atoms with E-state index in [9.17, 15) is 0 Å². The Morgan fingerprint density at radius 1 is 1.44 bits per heavy atom. The van der Waals surface area contributed by atoms with Gasteiger partial charge in [-0.15, -0.1) is 21.5 Å². The highest BCUT2D eigenvalue weighted by Gasteiger charge is 2.11. The van der Waals surface area contributed by atoms with Crippen LogP contribution < -0.4 is 5.32 Å². The van der Waals surface area contributed by atoms with Crippen LogP contribution in [0.1, 0.15) is 17.9 Å². The summed E-state index contributed by atoms with van der Waals surface area (Å²) in [5, 5.41) is 13.2. The van der Waals surface area contributed by atoms with E-state index in [1.807, 2.05) is 12.4 Å². The highest BCUT2D eigenvalue weighted by atomic mass is 32.1. The minimum Gasteiger partial charge on any atom is -0.420 e. The molecule has 0 atom stereocenters. The maximum Gasteiger partial charge on any atom is 0.257 e. The smallest absolute Gasteiger partial charge is 0.257 e. The summed E-state index contributed by atoms with van der Waals surface area (Å²) in [4.78, 5) is 1.08. The van der Waals surface area contributed by atoms with Crippen LogP contribution in [0, 0.1) is 6.92 Å². The predicted octanol–water partition coefficient (Wildman–Crippen LogP) is 2.26. The molecule has 2 aromatic rings. The van der Waals surface area contributed by atoms with Crippen LogP contribution in [0.4, 0.5) is 0 Å². The van der Waals surface area contributed by atoms with Crippen molar-refractivity contribution in [2.24, 2.45) is 0 Å². The monoisotopic (exact) mass is 237 g/mol. The number of nitrogens with one attached hydrogen (secondary N) is 1. The first-order valence-corrected chi connectivity index (χ1v) is 6.20. The van der Waals surface area contributed by atoms with Gasteiger partial charge in [-0.3, -0.25) is 0 Å². The van der Waals surface area contributed by atoms with Crippen LogP contribution in [-0.4, -0.2) is 23.8 Å². The summed E-state index contributed by atoms with van der Waals surface area (Å²) in [6.45, 7) is 3.02. The zero-order chi connectivity index (χ0) is 11.4. The molecule has 0 fully saturated rings. The van der Waals surface area contributed by atoms with Crippen LogP contribution >= 0.6 is 11.3 Å². The van der Waals surface area contributed by atoms with Gasteiger partial charge < -0.3 is 9.73 Å². The van der Waals surface area contributed by atoms with Gasteiger partial charge in [0, 0.05) is 6.42 Å². The van der Waals surface area contributed by atoms with E-state index in [0.717, 1.165) is 30.2 Å². The van der Waals surface area contributed by atoms with Crippen molar-refractivity contribution in [3.63, 3.8) is 0 Å². The zero-order valence-corrected chi connectivity index (χ0v) is 10.3. The topological polar surface area (TPSA) is 51.0 Å². The number of aryl methyl sites for hydroxylation is 2. The van der Waals surface area contributed by atoms with E-state index in [2.05, 4.69) is 28.5 Å². The van der Waals surface area contributed by atoms with Crippen LogP contribution in [-0.2, 0) is 6.42 Å². The molecule has 0 saturated heterocycles. The molecule has 0 spiro atoms. The molecule has 0 aromatic carbocycles. The molecule has 2 heterocycles. The SMILES string of the molecule is CNCCCc1nnc(-c2sccc2C)o1. The van der Waals surface area contributed by atoms with Crippen LogP contribution in [0.15, 0.2) is 15.9 Å². The lowest BCUT2D eigenvalue weighted by atomic mass is 10.3. The summed E-state index contributed by atoms with van der Waals surface area (Å²) in [5.74, 6) is 1.37. The van der Waals surface area contributed by atoms with Crippen molar-refractivity contribution in [2.45, 2.75) is 19.8 Å². The highest BCUT2D eigenvalue weighted by molar-refractivity contribution is 7.13. The number of nitrogens with zero attached hydrogens (tertiary/aromatic N) is 2. The van der Waals surface area contributed by atoms with Gasteiger partial charge in [-0.2, -0.15) is 0 Å². The van der Waals surface area contributed by atoms with Crippen molar-refractivity contribution < 1.29 is 4.42 Å². The van der Waals surface area contributed by atoms with Gasteiger partial charge in [0.05, 0.1) is 4.88 Å². The normalized spacial score (nSPS) is 10.9. The van der Waals surface area contributed by atoms with Crippen molar-refractivity contribution in [3.8, 4) is 10.8 Å². The van der Waals surface area contributed by atoms with Gasteiger partial charge in [-0.25, -0.2) is 0 Å². The molecule has 5 heteroatoms. The average Bonchev–Trinajstić information content (AvgIpc) is 2.87. The third-order valence-electron chi connectivity index (χ3n) is 2.34. The second-order valence-electron chi connectivity index (χ2n) is 3.64. The first-order valence-electron chi connectivity index (χ1n) is 5.32. The summed E-state index contributed by atoms with van der Waals surface area (Å²) in [6, 6.07) is 2.06. The molecular formula is C11H15N3OS. The van der Waals surface area contributed by atoms with Crippen LogP contribution in [0.5, 0.6) is 0 Å². The minimum absolute atomic E-state index is 0.645. The fourth-order valence-corrected chi connectivity index (χ4v) is 2.30. The van der Waals surface area contributed by atoms with Gasteiger partial charge in [0.15, 0.2) is 0 Å². The van der Waals surface area contributed by atoms with E-state index in [-0.39, 0.29) is 0 Å². The first-order chi connectivity index (χ1) is 7.81. The van der Waals surface area contributed by atoms with Gasteiger partial charge in [-0.05, 0) is 43.9 Å². The van der Waals surface area contributed by atoms with Crippen molar-refractivity contribution in [2.75, 3.05) is 13.6 Å². The Labute approximate surface area is 98.7 Å². The molecular weight excluding hydrogens is 222 g/mol. The second-order valence-corrected chi connectivity index (χ2v) is 4.56. The lowest BCUT2D eigenvalue weighted by Crippen LogP contribution is -2.08. The fourth-order valence-electron chi connectivity index (χ4n) is 1.45. The summed E-state index contributed by atoms with van der Waals surface area (Å²) in [7, 11) is 1.94. The van der Waals surface area contributed by atoms with Crippen LogP contribution in [0.2, 0.25) is 0 Å². The van der Waals surface area contributed by atoms with Gasteiger partial charge in [-0.1, -0.05) is 0 Å². The van der Waals surface area contributed by atoms with Crippen molar-refractivity contribution in [3.05, 3.63) is 22.9 Å². The Bertz CT molecular complexity index is 450. The third kappa shape index (κ3) is 2.48. The van der Waals surface area contributed by atoms with Crippen LogP contribution in [0.3, 0.4) is 0 Å². The summed E-state index contributed by atoms with van der Waals surface area (Å²) < 4.78 is 5.62. The molecule has 0 bridgehead atoms. The van der Waals surface area contributed by atoms with E-state index in [4.69, 9.17) is 4.42 Å². The maximum absolute atomic E-state index is 5.62. The fraction of sp³-hybridized carbons (Fsp3) is 0.455. The molecule has 16 heavy (non-hydrogen) atoms. The lowest BCUT2D eigenvalue weighted by Gasteiger charge is -1.94. The van der Waals surface area contributed by atoms with Gasteiger partial charge in [0.1, 0.15) is 0 Å². The Kier molecular flexibility index (Phi) is 3.69. The maximum atomic E-state index is 5.62. The standard InChI is InChI=1S/C11H15N3OS/c1-8-5-7-16-10(8)11-14-13-9(15-11)4-3-6-12-2/h5,7,12H,3-4,6H2,1-2H3. The predicted molar refractivity (Wildman–Crippen MR) is 64.6 cm³/mol. The molecule has 4 nitrogen and oxygen atoms in total. The summed E-state index contributed by atoms with van der Waals surface area (Å²) in [6.07, 6.45) is 1.85. The Hall–Kier alpha value is -1.20. The Balaban J connectivity index is 2.05. The number of rotatable bonds is 5. The molecule has 0 saturated carbocycles. The molecule has 86 valence electrons. The number of hydrogen-bond acceptors (Lipinski definition) is 5. The van der Waals surface area contributed by atoms with E-state index in [1.54, 1.807) is 11.3 Å². The Morgan fingerprint density at radius 2 is 2.31 bits per heavy atom.